The number of rotatable bonds is 8. The fraction of sp³-hybridized carbons (Fsp3) is 0. The Hall–Kier alpha value is -7.94. The molecule has 1 heterocycles. The highest BCUT2D eigenvalue weighted by atomic mass is 16.3. The molecule has 0 atom stereocenters. The van der Waals surface area contributed by atoms with E-state index in [1.807, 2.05) is 12.1 Å². The molecule has 1 aromatic heterocycles. The predicted molar refractivity (Wildman–Crippen MR) is 253 cm³/mol. The van der Waals surface area contributed by atoms with Gasteiger partial charge in [0.15, 0.2) is 0 Å². The Balaban J connectivity index is 0.991. The van der Waals surface area contributed by atoms with E-state index in [2.05, 4.69) is 229 Å². The molecule has 0 fully saturated rings. The van der Waals surface area contributed by atoms with Gasteiger partial charge in [-0.2, -0.15) is 0 Å². The molecule has 0 radical (unpaired) electrons. The van der Waals surface area contributed by atoms with Crippen LogP contribution in [0, 0.1) is 0 Å². The lowest BCUT2D eigenvalue weighted by Gasteiger charge is -2.28. The molecule has 0 aliphatic carbocycles. The molecule has 2 nitrogen and oxygen atoms in total. The number of nitrogens with zero attached hydrogens (tertiary/aromatic N) is 1. The normalized spacial score (nSPS) is 11.3. The summed E-state index contributed by atoms with van der Waals surface area (Å²) in [6.45, 7) is 0. The molecule has 0 N–H and O–H groups in total. The molecule has 2 heteroatoms. The first-order valence-corrected chi connectivity index (χ1v) is 20.5. The van der Waals surface area contributed by atoms with Crippen molar-refractivity contribution in [2.45, 2.75) is 0 Å². The molecule has 60 heavy (non-hydrogen) atoms. The van der Waals surface area contributed by atoms with Gasteiger partial charge in [0.2, 0.25) is 0 Å². The highest BCUT2D eigenvalue weighted by molar-refractivity contribution is 6.10. The zero-order chi connectivity index (χ0) is 39.8. The highest BCUT2D eigenvalue weighted by Gasteiger charge is 2.19. The zero-order valence-electron chi connectivity index (χ0n) is 32.9. The van der Waals surface area contributed by atoms with Gasteiger partial charge in [-0.3, -0.25) is 0 Å². The molecule has 0 aliphatic heterocycles. The lowest BCUT2D eigenvalue weighted by Crippen LogP contribution is -2.10. The summed E-state index contributed by atoms with van der Waals surface area (Å²) in [5.41, 5.74) is 16.9. The van der Waals surface area contributed by atoms with Crippen molar-refractivity contribution in [3.63, 3.8) is 0 Å². The number of hydrogen-bond acceptors (Lipinski definition) is 2. The third-order valence-electron chi connectivity index (χ3n) is 11.7. The van der Waals surface area contributed by atoms with E-state index in [0.717, 1.165) is 61.3 Å². The fourth-order valence-corrected chi connectivity index (χ4v) is 8.70. The van der Waals surface area contributed by atoms with Crippen molar-refractivity contribution >= 4 is 49.8 Å². The third kappa shape index (κ3) is 6.41. The van der Waals surface area contributed by atoms with E-state index < -0.39 is 0 Å². The van der Waals surface area contributed by atoms with Crippen LogP contribution in [0.2, 0.25) is 0 Å². The molecular formula is C58H39NO. The minimum Gasteiger partial charge on any atom is -0.455 e. The van der Waals surface area contributed by atoms with Gasteiger partial charge >= 0.3 is 0 Å². The molecular weight excluding hydrogens is 727 g/mol. The second kappa shape index (κ2) is 15.1. The molecule has 11 rings (SSSR count). The van der Waals surface area contributed by atoms with Crippen molar-refractivity contribution in [1.29, 1.82) is 0 Å². The third-order valence-corrected chi connectivity index (χ3v) is 11.7. The average molecular weight is 766 g/mol. The maximum atomic E-state index is 6.39. The van der Waals surface area contributed by atoms with Gasteiger partial charge in [0.25, 0.3) is 0 Å². The Morgan fingerprint density at radius 2 is 0.750 bits per heavy atom. The summed E-state index contributed by atoms with van der Waals surface area (Å²) in [5.74, 6) is 0. The number of furan rings is 1. The molecule has 0 aliphatic rings. The van der Waals surface area contributed by atoms with Gasteiger partial charge in [-0.05, 0) is 91.9 Å². The number of fused-ring (bicyclic) bond motifs is 4. The first kappa shape index (κ1) is 35.2. The summed E-state index contributed by atoms with van der Waals surface area (Å²) in [6, 6.07) is 84.8. The standard InChI is InChI=1S/C58H39NO/c1-3-13-40(14-4-1)41-25-27-42(28-26-41)43-33-35-48(36-34-43)59(56-38-37-50(45-15-5-2-6-16-45)52-19-7-8-20-53(52)56)49-18-11-17-47(39-49)44-29-31-46(32-30-44)51-22-12-23-55-54-21-9-10-24-57(54)60-58(51)55/h1-39H. The van der Waals surface area contributed by atoms with E-state index in [4.69, 9.17) is 4.42 Å². The van der Waals surface area contributed by atoms with Crippen molar-refractivity contribution in [1.82, 2.24) is 0 Å². The quantitative estimate of drug-likeness (QED) is 0.153. The van der Waals surface area contributed by atoms with Crippen LogP contribution in [-0.2, 0) is 0 Å². The van der Waals surface area contributed by atoms with Crippen LogP contribution in [0.3, 0.4) is 0 Å². The van der Waals surface area contributed by atoms with E-state index in [1.54, 1.807) is 0 Å². The average Bonchev–Trinajstić information content (AvgIpc) is 3.72. The summed E-state index contributed by atoms with van der Waals surface area (Å²) in [7, 11) is 0. The first-order chi connectivity index (χ1) is 29.7. The summed E-state index contributed by atoms with van der Waals surface area (Å²) in [5, 5.41) is 4.68. The molecule has 0 bridgehead atoms. The predicted octanol–water partition coefficient (Wildman–Crippen LogP) is 16.5. The number of para-hydroxylation sites is 2. The summed E-state index contributed by atoms with van der Waals surface area (Å²) in [6.07, 6.45) is 0. The maximum Gasteiger partial charge on any atom is 0.143 e. The SMILES string of the molecule is c1ccc(-c2ccc(-c3ccc(N(c4cccc(-c5ccc(-c6cccc7c6oc6ccccc67)cc5)c4)c4ccc(-c5ccccc5)c5ccccc45)cc3)cc2)cc1. The lowest BCUT2D eigenvalue weighted by atomic mass is 9.95. The molecule has 282 valence electrons. The van der Waals surface area contributed by atoms with E-state index >= 15 is 0 Å². The number of hydrogen-bond donors (Lipinski definition) is 0. The van der Waals surface area contributed by atoms with Gasteiger partial charge in [-0.15, -0.1) is 0 Å². The second-order valence-corrected chi connectivity index (χ2v) is 15.3. The lowest BCUT2D eigenvalue weighted by molar-refractivity contribution is 0.670. The Bertz CT molecular complexity index is 3270. The number of anilines is 3. The van der Waals surface area contributed by atoms with Crippen molar-refractivity contribution in [2.24, 2.45) is 0 Å². The maximum absolute atomic E-state index is 6.39. The second-order valence-electron chi connectivity index (χ2n) is 15.3. The Labute approximate surface area is 349 Å². The van der Waals surface area contributed by atoms with Gasteiger partial charge < -0.3 is 9.32 Å². The zero-order valence-corrected chi connectivity index (χ0v) is 32.9. The van der Waals surface area contributed by atoms with Crippen LogP contribution in [0.5, 0.6) is 0 Å². The van der Waals surface area contributed by atoms with Crippen molar-refractivity contribution in [2.75, 3.05) is 4.90 Å². The van der Waals surface area contributed by atoms with E-state index in [1.165, 1.54) is 44.2 Å². The van der Waals surface area contributed by atoms with E-state index in [9.17, 15) is 0 Å². The largest absolute Gasteiger partial charge is 0.455 e. The van der Waals surface area contributed by atoms with Crippen LogP contribution in [0.15, 0.2) is 241 Å². The van der Waals surface area contributed by atoms with Crippen LogP contribution >= 0.6 is 0 Å². The Morgan fingerprint density at radius 1 is 0.267 bits per heavy atom. The van der Waals surface area contributed by atoms with Crippen LogP contribution in [0.25, 0.3) is 88.3 Å². The van der Waals surface area contributed by atoms with Crippen LogP contribution < -0.4 is 4.90 Å². The van der Waals surface area contributed by atoms with E-state index in [0.29, 0.717) is 0 Å². The molecule has 0 amide bonds. The summed E-state index contributed by atoms with van der Waals surface area (Å²) < 4.78 is 6.39. The van der Waals surface area contributed by atoms with Gasteiger partial charge in [0, 0.05) is 33.1 Å². The minimum atomic E-state index is 0.910. The first-order valence-electron chi connectivity index (χ1n) is 20.5. The number of benzene rings is 10. The van der Waals surface area contributed by atoms with Crippen molar-refractivity contribution < 1.29 is 4.42 Å². The van der Waals surface area contributed by atoms with Crippen LogP contribution in [-0.4, -0.2) is 0 Å². The van der Waals surface area contributed by atoms with Crippen molar-refractivity contribution in [3.05, 3.63) is 237 Å². The molecule has 0 saturated heterocycles. The fourth-order valence-electron chi connectivity index (χ4n) is 8.70. The molecule has 10 aromatic carbocycles. The van der Waals surface area contributed by atoms with Crippen molar-refractivity contribution in [3.8, 4) is 55.6 Å². The van der Waals surface area contributed by atoms with Crippen LogP contribution in [0.1, 0.15) is 0 Å². The molecule has 0 saturated carbocycles. The summed E-state index contributed by atoms with van der Waals surface area (Å²) >= 11 is 0. The minimum absolute atomic E-state index is 0.910. The molecule has 11 aromatic rings. The Kier molecular flexibility index (Phi) is 8.87. The molecule has 0 spiro atoms. The summed E-state index contributed by atoms with van der Waals surface area (Å²) in [4.78, 5) is 2.40. The van der Waals surface area contributed by atoms with E-state index in [-0.39, 0.29) is 0 Å². The highest BCUT2D eigenvalue weighted by Crippen LogP contribution is 2.44. The monoisotopic (exact) mass is 765 g/mol. The van der Waals surface area contributed by atoms with Gasteiger partial charge in [-0.25, -0.2) is 0 Å². The van der Waals surface area contributed by atoms with Gasteiger partial charge in [-0.1, -0.05) is 200 Å². The molecule has 0 unspecified atom stereocenters. The van der Waals surface area contributed by atoms with Crippen LogP contribution in [0.4, 0.5) is 17.1 Å². The smallest absolute Gasteiger partial charge is 0.143 e. The van der Waals surface area contributed by atoms with Gasteiger partial charge in [0.1, 0.15) is 11.2 Å². The Morgan fingerprint density at radius 3 is 1.45 bits per heavy atom. The van der Waals surface area contributed by atoms with Gasteiger partial charge in [0.05, 0.1) is 5.69 Å². The topological polar surface area (TPSA) is 16.4 Å².